The van der Waals surface area contributed by atoms with Gasteiger partial charge in [-0.1, -0.05) is 0 Å². The van der Waals surface area contributed by atoms with Gasteiger partial charge in [0.1, 0.15) is 0 Å². The maximum Gasteiger partial charge on any atom is 0.253 e. The van der Waals surface area contributed by atoms with Crippen LogP contribution >= 0.6 is 11.3 Å². The number of amides is 1. The second-order valence-corrected chi connectivity index (χ2v) is 6.01. The fourth-order valence-electron chi connectivity index (χ4n) is 2.07. The van der Waals surface area contributed by atoms with Gasteiger partial charge >= 0.3 is 0 Å². The Labute approximate surface area is 122 Å². The van der Waals surface area contributed by atoms with Crippen LogP contribution in [0.2, 0.25) is 0 Å². The van der Waals surface area contributed by atoms with Crippen molar-refractivity contribution in [3.8, 4) is 0 Å². The number of rotatable bonds is 3. The van der Waals surface area contributed by atoms with Crippen LogP contribution in [-0.2, 0) is 0 Å². The van der Waals surface area contributed by atoms with E-state index in [1.54, 1.807) is 30.5 Å². The van der Waals surface area contributed by atoms with E-state index in [2.05, 4.69) is 15.3 Å². The molecular formula is C14H18N4OS. The first-order chi connectivity index (χ1) is 9.38. The van der Waals surface area contributed by atoms with E-state index in [1.165, 1.54) is 0 Å². The molecular weight excluding hydrogens is 272 g/mol. The highest BCUT2D eigenvalue weighted by atomic mass is 32.1. The monoisotopic (exact) mass is 290 g/mol. The van der Waals surface area contributed by atoms with Crippen LogP contribution in [-0.4, -0.2) is 15.9 Å². The van der Waals surface area contributed by atoms with Crippen molar-refractivity contribution in [2.75, 3.05) is 5.73 Å². The van der Waals surface area contributed by atoms with Gasteiger partial charge in [-0.2, -0.15) is 0 Å². The third-order valence-corrected chi connectivity index (χ3v) is 4.29. The number of aryl methyl sites for hydroxylation is 3. The standard InChI is InChI=1S/C14H18N4OS/c1-7-12(5-11(15)6-16-7)14(19)18-9(3)13-8(2)17-10(4)20-13/h5-6,9H,15H2,1-4H3,(H,18,19). The van der Waals surface area contributed by atoms with Crippen molar-refractivity contribution in [2.24, 2.45) is 0 Å². The van der Waals surface area contributed by atoms with Crippen LogP contribution in [0.25, 0.3) is 0 Å². The van der Waals surface area contributed by atoms with Crippen LogP contribution in [0.5, 0.6) is 0 Å². The predicted octanol–water partition coefficient (Wildman–Crippen LogP) is 2.54. The minimum absolute atomic E-state index is 0.0884. The lowest BCUT2D eigenvalue weighted by molar-refractivity contribution is 0.0939. The average Bonchev–Trinajstić information content (AvgIpc) is 2.71. The zero-order chi connectivity index (χ0) is 14.9. The molecule has 0 saturated heterocycles. The number of carbonyl (C=O) groups is 1. The lowest BCUT2D eigenvalue weighted by Gasteiger charge is -2.14. The Bertz CT molecular complexity index is 651. The number of nitrogen functional groups attached to an aromatic ring is 1. The molecule has 1 atom stereocenters. The molecule has 5 nitrogen and oxygen atoms in total. The van der Waals surface area contributed by atoms with Crippen molar-refractivity contribution >= 4 is 22.9 Å². The van der Waals surface area contributed by atoms with Gasteiger partial charge in [0.25, 0.3) is 5.91 Å². The van der Waals surface area contributed by atoms with Crippen LogP contribution in [0.1, 0.15) is 44.6 Å². The molecule has 6 heteroatoms. The first-order valence-electron chi connectivity index (χ1n) is 6.35. The highest BCUT2D eigenvalue weighted by Crippen LogP contribution is 2.24. The zero-order valence-electron chi connectivity index (χ0n) is 12.0. The van der Waals surface area contributed by atoms with Gasteiger partial charge < -0.3 is 11.1 Å². The number of carbonyl (C=O) groups excluding carboxylic acids is 1. The molecule has 1 unspecified atom stereocenters. The molecule has 1 amide bonds. The number of aromatic nitrogens is 2. The average molecular weight is 290 g/mol. The molecule has 0 spiro atoms. The molecule has 0 aromatic carbocycles. The number of nitrogens with two attached hydrogens (primary N) is 1. The molecule has 0 saturated carbocycles. The van der Waals surface area contributed by atoms with Gasteiger partial charge in [-0.15, -0.1) is 11.3 Å². The maximum atomic E-state index is 12.3. The molecule has 2 rings (SSSR count). The summed E-state index contributed by atoms with van der Waals surface area (Å²) in [6.07, 6.45) is 1.55. The van der Waals surface area contributed by atoms with Crippen LogP contribution < -0.4 is 11.1 Å². The van der Waals surface area contributed by atoms with E-state index in [1.807, 2.05) is 20.8 Å². The highest BCUT2D eigenvalue weighted by molar-refractivity contribution is 7.11. The van der Waals surface area contributed by atoms with Crippen molar-refractivity contribution < 1.29 is 4.79 Å². The first-order valence-corrected chi connectivity index (χ1v) is 7.17. The smallest absolute Gasteiger partial charge is 0.253 e. The molecule has 0 aliphatic heterocycles. The van der Waals surface area contributed by atoms with Crippen LogP contribution in [0.15, 0.2) is 12.3 Å². The van der Waals surface area contributed by atoms with Gasteiger partial charge in [-0.3, -0.25) is 9.78 Å². The molecule has 0 bridgehead atoms. The van der Waals surface area contributed by atoms with Crippen molar-refractivity contribution in [2.45, 2.75) is 33.7 Å². The topological polar surface area (TPSA) is 80.9 Å². The molecule has 0 aliphatic rings. The van der Waals surface area contributed by atoms with E-state index in [4.69, 9.17) is 5.73 Å². The lowest BCUT2D eigenvalue weighted by Crippen LogP contribution is -2.27. The summed E-state index contributed by atoms with van der Waals surface area (Å²) in [6.45, 7) is 7.66. The zero-order valence-corrected chi connectivity index (χ0v) is 12.8. The molecule has 0 fully saturated rings. The lowest BCUT2D eigenvalue weighted by atomic mass is 10.1. The van der Waals surface area contributed by atoms with Gasteiger partial charge in [-0.25, -0.2) is 4.98 Å². The van der Waals surface area contributed by atoms with Crippen LogP contribution in [0, 0.1) is 20.8 Å². The Hall–Kier alpha value is -1.95. The van der Waals surface area contributed by atoms with Crippen LogP contribution in [0.4, 0.5) is 5.69 Å². The molecule has 2 aromatic heterocycles. The Balaban J connectivity index is 2.19. The number of nitrogens with zero attached hydrogens (tertiary/aromatic N) is 2. The molecule has 3 N–H and O–H groups in total. The normalized spacial score (nSPS) is 12.2. The van der Waals surface area contributed by atoms with E-state index >= 15 is 0 Å². The minimum Gasteiger partial charge on any atom is -0.397 e. The van der Waals surface area contributed by atoms with Crippen molar-refractivity contribution in [3.05, 3.63) is 39.1 Å². The van der Waals surface area contributed by atoms with Gasteiger partial charge in [0, 0.05) is 4.88 Å². The summed E-state index contributed by atoms with van der Waals surface area (Å²) in [7, 11) is 0. The number of hydrogen-bond donors (Lipinski definition) is 2. The number of anilines is 1. The molecule has 0 radical (unpaired) electrons. The number of thiazole rings is 1. The third kappa shape index (κ3) is 2.96. The SMILES string of the molecule is Cc1nc(C)c(C(C)NC(=O)c2cc(N)cnc2C)s1. The first kappa shape index (κ1) is 14.5. The highest BCUT2D eigenvalue weighted by Gasteiger charge is 2.17. The Morgan fingerprint density at radius 2 is 2.05 bits per heavy atom. The summed E-state index contributed by atoms with van der Waals surface area (Å²) in [5.41, 5.74) is 8.31. The van der Waals surface area contributed by atoms with Crippen molar-refractivity contribution in [1.29, 1.82) is 0 Å². The molecule has 106 valence electrons. The van der Waals surface area contributed by atoms with Crippen molar-refractivity contribution in [3.63, 3.8) is 0 Å². The Morgan fingerprint density at radius 3 is 2.65 bits per heavy atom. The Morgan fingerprint density at radius 1 is 1.35 bits per heavy atom. The summed E-state index contributed by atoms with van der Waals surface area (Å²) in [6, 6.07) is 1.56. The maximum absolute atomic E-state index is 12.3. The summed E-state index contributed by atoms with van der Waals surface area (Å²) in [5, 5.41) is 3.97. The number of pyridine rings is 1. The second kappa shape index (κ2) is 5.58. The van der Waals surface area contributed by atoms with Crippen LogP contribution in [0.3, 0.4) is 0 Å². The Kier molecular flexibility index (Phi) is 4.04. The second-order valence-electron chi connectivity index (χ2n) is 4.78. The summed E-state index contributed by atoms with van der Waals surface area (Å²) in [5.74, 6) is -0.166. The number of nitrogens with one attached hydrogen (secondary N) is 1. The fourth-order valence-corrected chi connectivity index (χ4v) is 3.00. The number of hydrogen-bond acceptors (Lipinski definition) is 5. The van der Waals surface area contributed by atoms with E-state index in [0.29, 0.717) is 16.9 Å². The van der Waals surface area contributed by atoms with E-state index < -0.39 is 0 Å². The molecule has 2 aromatic rings. The van der Waals surface area contributed by atoms with Gasteiger partial charge in [0.2, 0.25) is 0 Å². The predicted molar refractivity (Wildman–Crippen MR) is 80.9 cm³/mol. The van der Waals surface area contributed by atoms with E-state index in [9.17, 15) is 4.79 Å². The third-order valence-electron chi connectivity index (χ3n) is 3.03. The molecule has 0 aliphatic carbocycles. The van der Waals surface area contributed by atoms with E-state index in [0.717, 1.165) is 15.6 Å². The van der Waals surface area contributed by atoms with Gasteiger partial charge in [0.05, 0.1) is 39.9 Å². The summed E-state index contributed by atoms with van der Waals surface area (Å²) < 4.78 is 0. The van der Waals surface area contributed by atoms with E-state index in [-0.39, 0.29) is 11.9 Å². The van der Waals surface area contributed by atoms with Gasteiger partial charge in [0.15, 0.2) is 0 Å². The largest absolute Gasteiger partial charge is 0.397 e. The minimum atomic E-state index is -0.166. The fraction of sp³-hybridized carbons (Fsp3) is 0.357. The van der Waals surface area contributed by atoms with Crippen molar-refractivity contribution in [1.82, 2.24) is 15.3 Å². The summed E-state index contributed by atoms with van der Waals surface area (Å²) >= 11 is 1.60. The summed E-state index contributed by atoms with van der Waals surface area (Å²) in [4.78, 5) is 21.9. The molecule has 20 heavy (non-hydrogen) atoms. The molecule has 2 heterocycles. The van der Waals surface area contributed by atoms with Gasteiger partial charge in [-0.05, 0) is 33.8 Å². The quantitative estimate of drug-likeness (QED) is 0.910.